The fourth-order valence-corrected chi connectivity index (χ4v) is 8.27. The molecule has 2 aromatic carbocycles. The Labute approximate surface area is 305 Å². The Morgan fingerprint density at radius 2 is 1.82 bits per heavy atom. The van der Waals surface area contributed by atoms with Gasteiger partial charge in [0.25, 0.3) is 0 Å². The molecule has 1 spiro atoms. The van der Waals surface area contributed by atoms with Crippen LogP contribution in [0.5, 0.6) is 0 Å². The summed E-state index contributed by atoms with van der Waals surface area (Å²) in [5.41, 5.74) is 5.11. The summed E-state index contributed by atoms with van der Waals surface area (Å²) in [4.78, 5) is 41.6. The van der Waals surface area contributed by atoms with Crippen LogP contribution in [-0.2, 0) is 22.6 Å². The number of aromatic nitrogens is 4. The van der Waals surface area contributed by atoms with Crippen LogP contribution in [0.15, 0.2) is 83.1 Å². The predicted molar refractivity (Wildman–Crippen MR) is 198 cm³/mol. The number of hydrogen-bond donors (Lipinski definition) is 3. The number of alkyl carbamates (subject to hydrolysis) is 1. The highest BCUT2D eigenvalue weighted by molar-refractivity contribution is 7.99. The number of piperidine rings is 1. The molecule has 5 aromatic rings. The molecule has 1 aliphatic carbocycles. The summed E-state index contributed by atoms with van der Waals surface area (Å²) in [6, 6.07) is 17.6. The van der Waals surface area contributed by atoms with Crippen molar-refractivity contribution in [2.45, 2.75) is 75.1 Å². The van der Waals surface area contributed by atoms with Crippen LogP contribution in [0.25, 0.3) is 16.9 Å². The summed E-state index contributed by atoms with van der Waals surface area (Å²) in [5, 5.41) is 17.5. The molecule has 0 unspecified atom stereocenters. The van der Waals surface area contributed by atoms with E-state index >= 15 is 0 Å². The van der Waals surface area contributed by atoms with Crippen molar-refractivity contribution in [1.82, 2.24) is 24.7 Å². The molecule has 11 nitrogen and oxygen atoms in total. The molecule has 3 aromatic heterocycles. The number of imidazole rings is 1. The van der Waals surface area contributed by atoms with E-state index in [4.69, 9.17) is 31.3 Å². The summed E-state index contributed by atoms with van der Waals surface area (Å²) in [7, 11) is 0. The molecule has 2 amide bonds. The van der Waals surface area contributed by atoms with E-state index in [1.54, 1.807) is 6.20 Å². The van der Waals surface area contributed by atoms with Crippen LogP contribution in [0.1, 0.15) is 63.4 Å². The lowest BCUT2D eigenvalue weighted by Gasteiger charge is -2.44. The zero-order chi connectivity index (χ0) is 35.9. The minimum Gasteiger partial charge on any atom is -0.444 e. The third-order valence-electron chi connectivity index (χ3n) is 9.44. The number of amides is 2. The highest BCUT2D eigenvalue weighted by Crippen LogP contribution is 2.52. The molecule has 0 saturated carbocycles. The fourth-order valence-electron chi connectivity index (χ4n) is 7.15. The average molecular weight is 726 g/mol. The quantitative estimate of drug-likeness (QED) is 0.156. The minimum atomic E-state index is -0.589. The van der Waals surface area contributed by atoms with Crippen molar-refractivity contribution in [2.24, 2.45) is 5.41 Å². The van der Waals surface area contributed by atoms with Crippen molar-refractivity contribution in [3.05, 3.63) is 95.0 Å². The van der Waals surface area contributed by atoms with Crippen LogP contribution in [0, 0.1) is 5.41 Å². The number of ether oxygens (including phenoxy) is 1. The van der Waals surface area contributed by atoms with Crippen molar-refractivity contribution in [2.75, 3.05) is 23.3 Å². The number of nitrogens with one attached hydrogen (secondary N) is 2. The lowest BCUT2D eigenvalue weighted by molar-refractivity contribution is -0.114. The van der Waals surface area contributed by atoms with Gasteiger partial charge in [0.1, 0.15) is 16.3 Å². The smallest absolute Gasteiger partial charge is 0.408 e. The third kappa shape index (κ3) is 7.26. The van der Waals surface area contributed by atoms with Gasteiger partial charge in [0.15, 0.2) is 11.5 Å². The summed E-state index contributed by atoms with van der Waals surface area (Å²) in [5.74, 6) is 0.533. The number of halogens is 1. The maximum atomic E-state index is 12.9. The summed E-state index contributed by atoms with van der Waals surface area (Å²) in [6.07, 6.45) is 7.64. The van der Waals surface area contributed by atoms with Gasteiger partial charge in [-0.15, -0.1) is 0 Å². The number of hydrogen-bond acceptors (Lipinski definition) is 9. The predicted octanol–water partition coefficient (Wildman–Crippen LogP) is 7.46. The molecule has 7 rings (SSSR count). The molecule has 3 N–H and O–H groups in total. The number of carbonyl (C=O) groups excluding carboxylic acids is 2. The standard InChI is InChI=1S/C38H40ClN7O4S/c1-23(48)41-26-11-9-24(10-12-26)28-21-46-16-13-30(32(39)35(46)43-28)51-31-20-40-34(29(22-47)42-31)45-17-14-38(15-18-45)19-25-7-5-6-8-27(25)33(38)44-36(49)50-37(2,3)4/h5-13,16,20-21,33,47H,14-15,17-19,22H2,1-4H3,(H,41,48)(H,44,49)/t33-/m1/s1. The first kappa shape index (κ1) is 34.8. The number of pyridine rings is 1. The minimum absolute atomic E-state index is 0.127. The number of aliphatic hydroxyl groups is 1. The number of nitrogens with zero attached hydrogens (tertiary/aromatic N) is 5. The first-order chi connectivity index (χ1) is 24.4. The SMILES string of the molecule is CC(=O)Nc1ccc(-c2cn3ccc(Sc4cnc(N5CCC6(CC5)Cc5ccccc5[C@H]6NC(=O)OC(C)(C)C)c(CO)n4)c(Cl)c3n2)cc1. The molecule has 1 saturated heterocycles. The van der Waals surface area contributed by atoms with Crippen LogP contribution < -0.4 is 15.5 Å². The molecule has 2 aliphatic rings. The molecule has 0 bridgehead atoms. The lowest BCUT2D eigenvalue weighted by atomic mass is 9.72. The molecular formula is C38H40ClN7O4S. The van der Waals surface area contributed by atoms with Gasteiger partial charge >= 0.3 is 6.09 Å². The van der Waals surface area contributed by atoms with E-state index in [1.165, 1.54) is 24.2 Å². The van der Waals surface area contributed by atoms with Gasteiger partial charge in [0.2, 0.25) is 5.91 Å². The molecule has 51 heavy (non-hydrogen) atoms. The van der Waals surface area contributed by atoms with Crippen LogP contribution in [0.2, 0.25) is 5.02 Å². The van der Waals surface area contributed by atoms with E-state index in [0.717, 1.165) is 41.0 Å². The van der Waals surface area contributed by atoms with Crippen LogP contribution >= 0.6 is 23.4 Å². The molecule has 4 heterocycles. The molecule has 1 atom stereocenters. The zero-order valence-corrected chi connectivity index (χ0v) is 30.5. The van der Waals surface area contributed by atoms with E-state index < -0.39 is 11.7 Å². The Bertz CT molecular complexity index is 2110. The normalized spacial score (nSPS) is 16.7. The summed E-state index contributed by atoms with van der Waals surface area (Å²) in [6.45, 7) is 8.23. The highest BCUT2D eigenvalue weighted by atomic mass is 35.5. The maximum Gasteiger partial charge on any atom is 0.408 e. The van der Waals surface area contributed by atoms with Gasteiger partial charge in [-0.3, -0.25) is 4.79 Å². The highest BCUT2D eigenvalue weighted by Gasteiger charge is 2.49. The van der Waals surface area contributed by atoms with Crippen LogP contribution in [0.3, 0.4) is 0 Å². The zero-order valence-electron chi connectivity index (χ0n) is 28.9. The average Bonchev–Trinajstić information content (AvgIpc) is 3.66. The van der Waals surface area contributed by atoms with Crippen LogP contribution in [0.4, 0.5) is 16.3 Å². The van der Waals surface area contributed by atoms with Crippen molar-refractivity contribution in [1.29, 1.82) is 0 Å². The Morgan fingerprint density at radius 1 is 1.08 bits per heavy atom. The Hall–Kier alpha value is -4.65. The van der Waals surface area contributed by atoms with Gasteiger partial charge in [-0.25, -0.2) is 19.7 Å². The monoisotopic (exact) mass is 725 g/mol. The van der Waals surface area contributed by atoms with E-state index in [-0.39, 0.29) is 24.0 Å². The third-order valence-corrected chi connectivity index (χ3v) is 10.9. The van der Waals surface area contributed by atoms with Crippen LogP contribution in [-0.4, -0.2) is 55.2 Å². The second-order valence-electron chi connectivity index (χ2n) is 14.2. The van der Waals surface area contributed by atoms with Gasteiger partial charge in [0.05, 0.1) is 29.6 Å². The lowest BCUT2D eigenvalue weighted by Crippen LogP contribution is -2.48. The topological polar surface area (TPSA) is 134 Å². The van der Waals surface area contributed by atoms with Crippen molar-refractivity contribution in [3.63, 3.8) is 0 Å². The number of aliphatic hydroxyl groups excluding tert-OH is 1. The molecule has 1 aliphatic heterocycles. The first-order valence-corrected chi connectivity index (χ1v) is 18.1. The molecule has 1 fully saturated rings. The number of fused-ring (bicyclic) bond motifs is 2. The Morgan fingerprint density at radius 3 is 2.53 bits per heavy atom. The van der Waals surface area contributed by atoms with Gasteiger partial charge in [-0.2, -0.15) is 0 Å². The Balaban J connectivity index is 1.06. The van der Waals surface area contributed by atoms with Crippen molar-refractivity contribution >= 4 is 52.5 Å². The molecular weight excluding hydrogens is 686 g/mol. The maximum absolute atomic E-state index is 12.9. The van der Waals surface area contributed by atoms with Crippen molar-refractivity contribution in [3.8, 4) is 11.3 Å². The summed E-state index contributed by atoms with van der Waals surface area (Å²) >= 11 is 8.24. The van der Waals surface area contributed by atoms with Gasteiger partial charge in [0, 0.05) is 54.0 Å². The van der Waals surface area contributed by atoms with E-state index in [0.29, 0.717) is 46.0 Å². The first-order valence-electron chi connectivity index (χ1n) is 16.9. The number of rotatable bonds is 7. The van der Waals surface area contributed by atoms with E-state index in [1.807, 2.05) is 74.0 Å². The molecule has 264 valence electrons. The second kappa shape index (κ2) is 13.8. The van der Waals surface area contributed by atoms with Crippen molar-refractivity contribution < 1.29 is 19.4 Å². The van der Waals surface area contributed by atoms with Gasteiger partial charge < -0.3 is 29.8 Å². The van der Waals surface area contributed by atoms with Gasteiger partial charge in [-0.1, -0.05) is 59.8 Å². The fraction of sp³-hybridized carbons (Fsp3) is 0.342. The van der Waals surface area contributed by atoms with Gasteiger partial charge in [-0.05, 0) is 69.4 Å². The summed E-state index contributed by atoms with van der Waals surface area (Å²) < 4.78 is 7.52. The Kier molecular flexibility index (Phi) is 9.42. The number of anilines is 2. The molecule has 0 radical (unpaired) electrons. The van der Waals surface area contributed by atoms with E-state index in [9.17, 15) is 14.7 Å². The molecule has 13 heteroatoms. The number of benzene rings is 2. The van der Waals surface area contributed by atoms with E-state index in [2.05, 4.69) is 33.7 Å². The largest absolute Gasteiger partial charge is 0.444 e. The number of carbonyl (C=O) groups is 2. The second-order valence-corrected chi connectivity index (χ2v) is 15.6.